The Morgan fingerprint density at radius 1 is 1.17 bits per heavy atom. The molecule has 0 amide bonds. The van der Waals surface area contributed by atoms with E-state index in [1.807, 2.05) is 6.07 Å². The fourth-order valence-electron chi connectivity index (χ4n) is 2.26. The predicted molar refractivity (Wildman–Crippen MR) is 84.6 cm³/mol. The van der Waals surface area contributed by atoms with Crippen molar-refractivity contribution in [1.82, 2.24) is 0 Å². The Hall–Kier alpha value is -2.81. The van der Waals surface area contributed by atoms with Crippen molar-refractivity contribution in [3.63, 3.8) is 0 Å². The smallest absolute Gasteiger partial charge is 0.377 e. The molecule has 1 atom stereocenters. The van der Waals surface area contributed by atoms with Crippen LogP contribution in [0.2, 0.25) is 0 Å². The van der Waals surface area contributed by atoms with Crippen LogP contribution in [0.1, 0.15) is 46.9 Å². The quantitative estimate of drug-likeness (QED) is 0.806. The molecule has 0 fully saturated rings. The van der Waals surface area contributed by atoms with Gasteiger partial charge < -0.3 is 5.32 Å². The highest BCUT2D eigenvalue weighted by atomic mass is 19.4. The molecule has 0 saturated carbocycles. The Kier molecular flexibility index (Phi) is 4.93. The Morgan fingerprint density at radius 3 is 2.29 bits per heavy atom. The van der Waals surface area contributed by atoms with Gasteiger partial charge >= 0.3 is 6.18 Å². The zero-order chi connectivity index (χ0) is 17.9. The van der Waals surface area contributed by atoms with Gasteiger partial charge in [-0.05, 0) is 49.7 Å². The number of nitrogens with one attached hydrogen (secondary N) is 1. The number of hydrogen-bond donors (Lipinski definition) is 1. The summed E-state index contributed by atoms with van der Waals surface area (Å²) in [5.74, 6) is -0.135. The topological polar surface area (TPSA) is 52.9 Å². The van der Waals surface area contributed by atoms with Gasteiger partial charge in [0.25, 0.3) is 0 Å². The van der Waals surface area contributed by atoms with Gasteiger partial charge in [0.1, 0.15) is 6.07 Å². The summed E-state index contributed by atoms with van der Waals surface area (Å²) in [6, 6.07) is 11.2. The summed E-state index contributed by atoms with van der Waals surface area (Å²) >= 11 is 0. The fraction of sp³-hybridized carbons (Fsp3) is 0.222. The summed E-state index contributed by atoms with van der Waals surface area (Å²) < 4.78 is 37.8. The van der Waals surface area contributed by atoms with E-state index in [0.717, 1.165) is 12.1 Å². The monoisotopic (exact) mass is 332 g/mol. The number of nitrogens with zero attached hydrogens (tertiary/aromatic N) is 1. The lowest BCUT2D eigenvalue weighted by Gasteiger charge is -2.18. The van der Waals surface area contributed by atoms with Gasteiger partial charge in [-0.2, -0.15) is 18.4 Å². The lowest BCUT2D eigenvalue weighted by atomic mass is 10.0. The van der Waals surface area contributed by atoms with E-state index in [1.165, 1.54) is 19.1 Å². The summed E-state index contributed by atoms with van der Waals surface area (Å²) in [5, 5.41) is 12.2. The fourth-order valence-corrected chi connectivity index (χ4v) is 2.26. The first-order valence-electron chi connectivity index (χ1n) is 7.21. The SMILES string of the molecule is CC(=O)c1ccc(C#N)c(NC(C)c2ccc(C(F)(F)F)cc2)c1. The van der Waals surface area contributed by atoms with E-state index in [9.17, 15) is 18.0 Å². The molecule has 0 aromatic heterocycles. The number of carbonyl (C=O) groups is 1. The summed E-state index contributed by atoms with van der Waals surface area (Å²) in [4.78, 5) is 11.5. The number of hydrogen-bond acceptors (Lipinski definition) is 3. The molecule has 2 rings (SSSR count). The summed E-state index contributed by atoms with van der Waals surface area (Å²) in [6.07, 6.45) is -4.38. The number of anilines is 1. The maximum atomic E-state index is 12.6. The van der Waals surface area contributed by atoms with Crippen molar-refractivity contribution >= 4 is 11.5 Å². The molecular weight excluding hydrogens is 317 g/mol. The average Bonchev–Trinajstić information content (AvgIpc) is 2.54. The van der Waals surface area contributed by atoms with Gasteiger partial charge in [0.05, 0.1) is 16.8 Å². The number of carbonyl (C=O) groups excluding carboxylic acids is 1. The molecule has 24 heavy (non-hydrogen) atoms. The van der Waals surface area contributed by atoms with Crippen LogP contribution in [0.25, 0.3) is 0 Å². The summed E-state index contributed by atoms with van der Waals surface area (Å²) in [7, 11) is 0. The van der Waals surface area contributed by atoms with E-state index >= 15 is 0 Å². The Morgan fingerprint density at radius 2 is 1.79 bits per heavy atom. The van der Waals surface area contributed by atoms with E-state index in [2.05, 4.69) is 5.32 Å². The molecule has 2 aromatic rings. The third-order valence-corrected chi connectivity index (χ3v) is 3.66. The summed E-state index contributed by atoms with van der Waals surface area (Å²) in [6.45, 7) is 3.19. The van der Waals surface area contributed by atoms with Crippen molar-refractivity contribution in [1.29, 1.82) is 5.26 Å². The van der Waals surface area contributed by atoms with Crippen molar-refractivity contribution in [3.05, 3.63) is 64.7 Å². The predicted octanol–water partition coefficient (Wildman–Crippen LogP) is 4.95. The normalized spacial score (nSPS) is 12.3. The molecule has 0 spiro atoms. The minimum atomic E-state index is -4.38. The van der Waals surface area contributed by atoms with Crippen LogP contribution >= 0.6 is 0 Å². The van der Waals surface area contributed by atoms with Crippen LogP contribution in [0.5, 0.6) is 0 Å². The Bertz CT molecular complexity index is 789. The number of halogens is 3. The Balaban J connectivity index is 2.26. The van der Waals surface area contributed by atoms with Crippen molar-refractivity contribution in [2.75, 3.05) is 5.32 Å². The first-order chi connectivity index (χ1) is 11.2. The van der Waals surface area contributed by atoms with Crippen LogP contribution in [0.15, 0.2) is 42.5 Å². The van der Waals surface area contributed by atoms with Gasteiger partial charge in [-0.25, -0.2) is 0 Å². The van der Waals surface area contributed by atoms with Crippen LogP contribution in [0, 0.1) is 11.3 Å². The average molecular weight is 332 g/mol. The number of ketones is 1. The number of nitriles is 1. The molecule has 0 radical (unpaired) electrons. The van der Waals surface area contributed by atoms with Gasteiger partial charge in [0.2, 0.25) is 0 Å². The second-order valence-corrected chi connectivity index (χ2v) is 5.41. The highest BCUT2D eigenvalue weighted by molar-refractivity contribution is 5.95. The van der Waals surface area contributed by atoms with E-state index in [0.29, 0.717) is 22.4 Å². The minimum Gasteiger partial charge on any atom is -0.377 e. The number of Topliss-reactive ketones (excluding diaryl/α,β-unsaturated/α-hetero) is 1. The zero-order valence-corrected chi connectivity index (χ0v) is 13.1. The van der Waals surface area contributed by atoms with Gasteiger partial charge in [-0.3, -0.25) is 4.79 Å². The lowest BCUT2D eigenvalue weighted by Crippen LogP contribution is -2.10. The molecule has 0 aliphatic rings. The Labute approximate surface area is 137 Å². The van der Waals surface area contributed by atoms with E-state index in [4.69, 9.17) is 5.26 Å². The largest absolute Gasteiger partial charge is 0.416 e. The van der Waals surface area contributed by atoms with Crippen LogP contribution in [-0.2, 0) is 6.18 Å². The first kappa shape index (κ1) is 17.5. The molecule has 1 N–H and O–H groups in total. The van der Waals surface area contributed by atoms with Gasteiger partial charge in [-0.15, -0.1) is 0 Å². The molecule has 0 saturated heterocycles. The third-order valence-electron chi connectivity index (χ3n) is 3.66. The number of benzene rings is 2. The molecule has 3 nitrogen and oxygen atoms in total. The van der Waals surface area contributed by atoms with Crippen LogP contribution in [0.4, 0.5) is 18.9 Å². The summed E-state index contributed by atoms with van der Waals surface area (Å²) in [5.41, 5.74) is 1.21. The van der Waals surface area contributed by atoms with Gasteiger partial charge in [0, 0.05) is 11.6 Å². The second kappa shape index (κ2) is 6.75. The highest BCUT2D eigenvalue weighted by Crippen LogP contribution is 2.30. The number of alkyl halides is 3. The maximum Gasteiger partial charge on any atom is 0.416 e. The molecule has 0 bridgehead atoms. The van der Waals surface area contributed by atoms with E-state index in [1.54, 1.807) is 25.1 Å². The van der Waals surface area contributed by atoms with Crippen molar-refractivity contribution in [2.45, 2.75) is 26.1 Å². The molecule has 6 heteroatoms. The standard InChI is InChI=1S/C18H15F3N2O/c1-11(13-5-7-16(8-6-13)18(19,20)21)23-17-9-14(12(2)24)3-4-15(17)10-22/h3-9,11,23H,1-2H3. The first-order valence-corrected chi connectivity index (χ1v) is 7.21. The third kappa shape index (κ3) is 3.93. The van der Waals surface area contributed by atoms with E-state index in [-0.39, 0.29) is 11.8 Å². The molecule has 1 unspecified atom stereocenters. The molecular formula is C18H15F3N2O. The van der Waals surface area contributed by atoms with Crippen molar-refractivity contribution in [3.8, 4) is 6.07 Å². The molecule has 124 valence electrons. The minimum absolute atomic E-state index is 0.135. The molecule has 0 aliphatic carbocycles. The zero-order valence-electron chi connectivity index (χ0n) is 13.1. The lowest BCUT2D eigenvalue weighted by molar-refractivity contribution is -0.137. The van der Waals surface area contributed by atoms with Crippen LogP contribution < -0.4 is 5.32 Å². The van der Waals surface area contributed by atoms with Gasteiger partial charge in [0.15, 0.2) is 5.78 Å². The van der Waals surface area contributed by atoms with Crippen LogP contribution in [0.3, 0.4) is 0 Å². The van der Waals surface area contributed by atoms with Crippen molar-refractivity contribution in [2.24, 2.45) is 0 Å². The maximum absolute atomic E-state index is 12.6. The van der Waals surface area contributed by atoms with Gasteiger partial charge in [-0.1, -0.05) is 12.1 Å². The van der Waals surface area contributed by atoms with Crippen molar-refractivity contribution < 1.29 is 18.0 Å². The molecule has 0 heterocycles. The second-order valence-electron chi connectivity index (χ2n) is 5.41. The molecule has 2 aromatic carbocycles. The number of rotatable bonds is 4. The van der Waals surface area contributed by atoms with Crippen LogP contribution in [-0.4, -0.2) is 5.78 Å². The highest BCUT2D eigenvalue weighted by Gasteiger charge is 2.30. The molecule has 0 aliphatic heterocycles. The van der Waals surface area contributed by atoms with E-state index < -0.39 is 11.7 Å².